The molecule has 0 atom stereocenters. The number of rotatable bonds is 4. The third-order valence-corrected chi connectivity index (χ3v) is 1.97. The molecule has 0 N–H and O–H groups in total. The third kappa shape index (κ3) is 3.27. The number of halogens is 2. The molecule has 78 valence electrons. The van der Waals surface area contributed by atoms with Gasteiger partial charge in [0.25, 0.3) is 0 Å². The first-order chi connectivity index (χ1) is 5.23. The molecule has 13 heavy (non-hydrogen) atoms. The van der Waals surface area contributed by atoms with E-state index in [2.05, 4.69) is 0 Å². The Kier molecular flexibility index (Phi) is 5.15. The monoisotopic (exact) mass is 216 g/mol. The predicted molar refractivity (Wildman–Crippen MR) is 41.0 cm³/mol. The van der Waals surface area contributed by atoms with Gasteiger partial charge in [0.05, 0.1) is 0 Å². The van der Waals surface area contributed by atoms with Gasteiger partial charge in [-0.3, -0.25) is 4.79 Å². The Morgan fingerprint density at radius 1 is 1.46 bits per heavy atom. The first-order valence-electron chi connectivity index (χ1n) is 3.10. The number of hydrogen-bond acceptors (Lipinski definition) is 4. The Morgan fingerprint density at radius 2 is 1.85 bits per heavy atom. The minimum atomic E-state index is -5.86. The van der Waals surface area contributed by atoms with Gasteiger partial charge in [-0.2, -0.15) is 8.78 Å². The molecule has 7 heteroatoms. The van der Waals surface area contributed by atoms with Crippen LogP contribution in [0.25, 0.3) is 0 Å². The molecule has 0 heterocycles. The van der Waals surface area contributed by atoms with Gasteiger partial charge >= 0.3 is 5.25 Å². The van der Waals surface area contributed by atoms with Crippen molar-refractivity contribution in [3.8, 4) is 0 Å². The fourth-order valence-electron chi connectivity index (χ4n) is 0.512. The zero-order chi connectivity index (χ0) is 9.99. The van der Waals surface area contributed by atoms with E-state index in [4.69, 9.17) is 0 Å². The predicted octanol–water partition coefficient (Wildman–Crippen LogP) is 0.944. The van der Waals surface area contributed by atoms with E-state index in [0.717, 1.165) is 0 Å². The molecule has 0 aliphatic heterocycles. The summed E-state index contributed by atoms with van der Waals surface area (Å²) in [5.74, 6) is -1.85. The second-order valence-corrected chi connectivity index (χ2v) is 3.57. The Hall–Kier alpha value is -0.690. The maximum atomic E-state index is 12.3. The quantitative estimate of drug-likeness (QED) is 0.517. The lowest BCUT2D eigenvalue weighted by atomic mass is 10.2. The highest BCUT2D eigenvalue weighted by Gasteiger charge is 2.44. The zero-order valence-corrected chi connectivity index (χ0v) is 8.03. The van der Waals surface area contributed by atoms with E-state index in [9.17, 15) is 26.5 Å². The molecule has 0 unspecified atom stereocenters. The topological polar surface area (TPSA) is 74.3 Å². The molecule has 0 aliphatic carbocycles. The highest BCUT2D eigenvalue weighted by atomic mass is 32.2. The third-order valence-electron chi connectivity index (χ3n) is 1.12. The van der Waals surface area contributed by atoms with E-state index in [0.29, 0.717) is 0 Å². The zero-order valence-electron chi connectivity index (χ0n) is 7.21. The van der Waals surface area contributed by atoms with Crippen LogP contribution in [0.15, 0.2) is 0 Å². The van der Waals surface area contributed by atoms with Gasteiger partial charge < -0.3 is 4.55 Å². The average Bonchev–Trinajstić information content (AvgIpc) is 1.85. The summed E-state index contributed by atoms with van der Waals surface area (Å²) >= 11 is 0. The molecule has 0 saturated heterocycles. The lowest BCUT2D eigenvalue weighted by molar-refractivity contribution is -0.133. The Balaban J connectivity index is 0. The summed E-state index contributed by atoms with van der Waals surface area (Å²) in [4.78, 5) is 10.4. The van der Waals surface area contributed by atoms with Crippen LogP contribution in [0.5, 0.6) is 0 Å². The summed E-state index contributed by atoms with van der Waals surface area (Å²) in [6.45, 7) is 1.42. The lowest BCUT2D eigenvalue weighted by Crippen LogP contribution is -2.37. The Morgan fingerprint density at radius 3 is 2.08 bits per heavy atom. The van der Waals surface area contributed by atoms with E-state index in [1.807, 2.05) is 0 Å². The van der Waals surface area contributed by atoms with Crippen LogP contribution in [0.2, 0.25) is 0 Å². The molecule has 0 aliphatic rings. The molecule has 0 rings (SSSR count). The maximum absolute atomic E-state index is 12.3. The standard InChI is InChI=1S/C5H8F2O4S.CH3/c1-2-3-4(8)5(6,7)12(9,10)11;/h2-3H2,1H3,(H,9,10,11);1H3/q;+1/p-1. The van der Waals surface area contributed by atoms with Crippen LogP contribution in [0.1, 0.15) is 19.8 Å². The molecule has 0 radical (unpaired) electrons. The van der Waals surface area contributed by atoms with Crippen molar-refractivity contribution < 1.29 is 26.5 Å². The number of Topliss-reactive ketones (excluding diaryl/α,β-unsaturated/α-hetero) is 1. The van der Waals surface area contributed by atoms with Gasteiger partial charge in [0, 0.05) is 13.8 Å². The van der Waals surface area contributed by atoms with Crippen molar-refractivity contribution in [3.05, 3.63) is 7.43 Å². The highest BCUT2D eigenvalue weighted by molar-refractivity contribution is 7.87. The van der Waals surface area contributed by atoms with Crippen LogP contribution in [0.4, 0.5) is 8.78 Å². The van der Waals surface area contributed by atoms with Crippen molar-refractivity contribution >= 4 is 15.9 Å². The number of hydrogen-bond donors (Lipinski definition) is 0. The van der Waals surface area contributed by atoms with Gasteiger partial charge in [-0.15, -0.1) is 0 Å². The molecular weight excluding hydrogens is 206 g/mol. The SMILES string of the molecule is CCCC(=O)C(F)(F)S(=O)(=O)[O-].[CH3+]. The number of carbonyl (C=O) groups is 1. The summed E-state index contributed by atoms with van der Waals surface area (Å²) in [6, 6.07) is 0. The first kappa shape index (κ1) is 14.8. The highest BCUT2D eigenvalue weighted by Crippen LogP contribution is 2.23. The van der Waals surface area contributed by atoms with Crippen molar-refractivity contribution in [1.29, 1.82) is 0 Å². The van der Waals surface area contributed by atoms with Gasteiger partial charge in [-0.1, -0.05) is 6.92 Å². The van der Waals surface area contributed by atoms with Gasteiger partial charge in [-0.05, 0) is 6.42 Å². The van der Waals surface area contributed by atoms with Crippen molar-refractivity contribution in [2.24, 2.45) is 0 Å². The molecule has 0 saturated carbocycles. The molecule has 0 fully saturated rings. The summed E-state index contributed by atoms with van der Waals surface area (Å²) in [7, 11) is -5.86. The smallest absolute Gasteiger partial charge is 0.391 e. The lowest BCUT2D eigenvalue weighted by Gasteiger charge is -2.17. The number of alkyl halides is 2. The van der Waals surface area contributed by atoms with Crippen LogP contribution in [-0.2, 0) is 14.9 Å². The fourth-order valence-corrected chi connectivity index (χ4v) is 0.893. The molecule has 0 aromatic rings. The van der Waals surface area contributed by atoms with E-state index < -0.39 is 27.6 Å². The van der Waals surface area contributed by atoms with Gasteiger partial charge in [0.2, 0.25) is 5.78 Å². The normalized spacial score (nSPS) is 12.0. The summed E-state index contributed by atoms with van der Waals surface area (Å²) < 4.78 is 54.1. The first-order valence-corrected chi connectivity index (χ1v) is 4.51. The van der Waals surface area contributed by atoms with E-state index in [1.165, 1.54) is 6.92 Å². The van der Waals surface area contributed by atoms with Crippen LogP contribution in [0.3, 0.4) is 0 Å². The number of carbonyl (C=O) groups excluding carboxylic acids is 1. The second-order valence-electron chi connectivity index (χ2n) is 2.14. The van der Waals surface area contributed by atoms with Gasteiger partial charge in [-0.25, -0.2) is 8.42 Å². The largest absolute Gasteiger partial charge is 0.743 e. The minimum Gasteiger partial charge on any atom is -0.743 e. The second kappa shape index (κ2) is 4.52. The molecule has 0 aromatic heterocycles. The van der Waals surface area contributed by atoms with E-state index in [-0.39, 0.29) is 13.8 Å². The molecule has 0 amide bonds. The van der Waals surface area contributed by atoms with E-state index in [1.54, 1.807) is 0 Å². The summed E-state index contributed by atoms with van der Waals surface area (Å²) in [5, 5.41) is -4.77. The summed E-state index contributed by atoms with van der Waals surface area (Å²) in [6.07, 6.45) is -0.543. The van der Waals surface area contributed by atoms with Crippen LogP contribution < -0.4 is 0 Å². The molecule has 0 spiro atoms. The van der Waals surface area contributed by atoms with Crippen LogP contribution in [-0.4, -0.2) is 24.0 Å². The fraction of sp³-hybridized carbons (Fsp3) is 0.667. The van der Waals surface area contributed by atoms with Crippen molar-refractivity contribution in [1.82, 2.24) is 0 Å². The average molecular weight is 216 g/mol. The van der Waals surface area contributed by atoms with Gasteiger partial charge in [0.15, 0.2) is 10.1 Å². The van der Waals surface area contributed by atoms with Crippen molar-refractivity contribution in [2.75, 3.05) is 0 Å². The van der Waals surface area contributed by atoms with Crippen molar-refractivity contribution in [3.63, 3.8) is 0 Å². The van der Waals surface area contributed by atoms with E-state index >= 15 is 0 Å². The maximum Gasteiger partial charge on any atom is 0.391 e. The van der Waals surface area contributed by atoms with Gasteiger partial charge in [0.1, 0.15) is 0 Å². The minimum absolute atomic E-state index is 0. The molecular formula is C6H10F2O4S. The Labute approximate surface area is 75.7 Å². The van der Waals surface area contributed by atoms with Crippen LogP contribution in [0, 0.1) is 7.43 Å². The molecule has 0 aromatic carbocycles. The van der Waals surface area contributed by atoms with Crippen molar-refractivity contribution in [2.45, 2.75) is 25.0 Å². The molecule has 4 nitrogen and oxygen atoms in total. The number of ketones is 1. The summed E-state index contributed by atoms with van der Waals surface area (Å²) in [5.41, 5.74) is 0. The Bertz CT molecular complexity index is 270. The molecule has 0 bridgehead atoms. The van der Waals surface area contributed by atoms with Crippen LogP contribution >= 0.6 is 0 Å².